The van der Waals surface area contributed by atoms with E-state index in [0.717, 1.165) is 36.4 Å². The van der Waals surface area contributed by atoms with Crippen LogP contribution in [0.3, 0.4) is 0 Å². The van der Waals surface area contributed by atoms with Crippen LogP contribution in [0, 0.1) is 17.0 Å². The first-order valence-corrected chi connectivity index (χ1v) is 10.1. The van der Waals surface area contributed by atoms with Crippen molar-refractivity contribution < 1.29 is 9.72 Å². The summed E-state index contributed by atoms with van der Waals surface area (Å²) >= 11 is 2.00. The van der Waals surface area contributed by atoms with E-state index in [1.54, 1.807) is 12.1 Å². The van der Waals surface area contributed by atoms with Crippen molar-refractivity contribution in [2.24, 2.45) is 0 Å². The van der Waals surface area contributed by atoms with Gasteiger partial charge < -0.3 is 5.32 Å². The Balaban J connectivity index is 1.57. The molecule has 7 heteroatoms. The molecule has 3 rings (SSSR count). The van der Waals surface area contributed by atoms with E-state index in [4.69, 9.17) is 0 Å². The predicted octanol–water partition coefficient (Wildman–Crippen LogP) is 3.63. The van der Waals surface area contributed by atoms with Gasteiger partial charge >= 0.3 is 0 Å². The molecule has 0 aromatic heterocycles. The van der Waals surface area contributed by atoms with Gasteiger partial charge in [-0.2, -0.15) is 11.8 Å². The van der Waals surface area contributed by atoms with Gasteiger partial charge in [0.25, 0.3) is 5.69 Å². The minimum atomic E-state index is -0.447. The Hall–Kier alpha value is -2.38. The molecule has 0 spiro atoms. The zero-order chi connectivity index (χ0) is 19.2. The summed E-state index contributed by atoms with van der Waals surface area (Å²) in [6.07, 6.45) is 0.185. The van der Waals surface area contributed by atoms with E-state index in [1.165, 1.54) is 29.2 Å². The van der Waals surface area contributed by atoms with Crippen molar-refractivity contribution in [3.05, 3.63) is 69.3 Å². The van der Waals surface area contributed by atoms with Crippen molar-refractivity contribution in [3.8, 4) is 0 Å². The number of hydrogen-bond acceptors (Lipinski definition) is 5. The van der Waals surface area contributed by atoms with Gasteiger partial charge in [-0.15, -0.1) is 0 Å². The lowest BCUT2D eigenvalue weighted by molar-refractivity contribution is -0.384. The van der Waals surface area contributed by atoms with Crippen LogP contribution >= 0.6 is 11.8 Å². The topological polar surface area (TPSA) is 75.5 Å². The number of aryl methyl sites for hydroxylation is 1. The van der Waals surface area contributed by atoms with Gasteiger partial charge in [-0.25, -0.2) is 0 Å². The van der Waals surface area contributed by atoms with Gasteiger partial charge in [-0.05, 0) is 29.7 Å². The second-order valence-electron chi connectivity index (χ2n) is 6.69. The van der Waals surface area contributed by atoms with Crippen molar-refractivity contribution in [3.63, 3.8) is 0 Å². The lowest BCUT2D eigenvalue weighted by atomic mass is 10.1. The molecule has 1 aliphatic rings. The molecule has 6 nitrogen and oxygen atoms in total. The summed E-state index contributed by atoms with van der Waals surface area (Å²) in [6.45, 7) is 5.18. The zero-order valence-corrected chi connectivity index (χ0v) is 16.1. The third kappa shape index (κ3) is 5.55. The molecule has 1 fully saturated rings. The Morgan fingerprint density at radius 3 is 2.44 bits per heavy atom. The minimum Gasteiger partial charge on any atom is -0.326 e. The van der Waals surface area contributed by atoms with Gasteiger partial charge in [0.2, 0.25) is 5.91 Å². The number of benzene rings is 2. The van der Waals surface area contributed by atoms with Crippen molar-refractivity contribution in [2.75, 3.05) is 29.9 Å². The molecule has 1 amide bonds. The molecule has 1 saturated heterocycles. The van der Waals surface area contributed by atoms with Crippen LogP contribution in [0.25, 0.3) is 0 Å². The second-order valence-corrected chi connectivity index (χ2v) is 7.91. The fourth-order valence-electron chi connectivity index (χ4n) is 3.10. The number of nitro groups is 1. The van der Waals surface area contributed by atoms with E-state index < -0.39 is 4.92 Å². The first-order chi connectivity index (χ1) is 13.0. The maximum absolute atomic E-state index is 12.3. The highest BCUT2D eigenvalue weighted by Crippen LogP contribution is 2.20. The summed E-state index contributed by atoms with van der Waals surface area (Å²) < 4.78 is 0. The maximum Gasteiger partial charge on any atom is 0.269 e. The van der Waals surface area contributed by atoms with Gasteiger partial charge in [0.1, 0.15) is 0 Å². The van der Waals surface area contributed by atoms with Crippen molar-refractivity contribution in [2.45, 2.75) is 19.9 Å². The van der Waals surface area contributed by atoms with Crippen LogP contribution in [-0.2, 0) is 17.8 Å². The summed E-state index contributed by atoms with van der Waals surface area (Å²) in [5.74, 6) is 2.25. The van der Waals surface area contributed by atoms with E-state index in [0.29, 0.717) is 0 Å². The Morgan fingerprint density at radius 2 is 1.81 bits per heavy atom. The molecule has 1 heterocycles. The van der Waals surface area contributed by atoms with Crippen LogP contribution in [0.2, 0.25) is 0 Å². The fourth-order valence-corrected chi connectivity index (χ4v) is 4.08. The number of carbonyl (C=O) groups is 1. The molecule has 2 aromatic rings. The number of anilines is 1. The SMILES string of the molecule is Cc1cc(CN2CCSCC2)ccc1NC(=O)Cc1ccc([N+](=O)[O-])cc1. The predicted molar refractivity (Wildman–Crippen MR) is 109 cm³/mol. The number of nitrogens with zero attached hydrogens (tertiary/aromatic N) is 2. The number of nitrogens with one attached hydrogen (secondary N) is 1. The Labute approximate surface area is 163 Å². The summed E-state index contributed by atoms with van der Waals surface area (Å²) in [6, 6.07) is 12.2. The van der Waals surface area contributed by atoms with Gasteiger partial charge in [0.05, 0.1) is 11.3 Å². The molecule has 27 heavy (non-hydrogen) atoms. The molecular formula is C20H23N3O3S. The van der Waals surface area contributed by atoms with E-state index in [9.17, 15) is 14.9 Å². The summed E-state index contributed by atoms with van der Waals surface area (Å²) in [4.78, 5) is 25.0. The third-order valence-corrected chi connectivity index (χ3v) is 5.53. The summed E-state index contributed by atoms with van der Waals surface area (Å²) in [5.41, 5.74) is 3.87. The molecule has 0 radical (unpaired) electrons. The number of rotatable bonds is 6. The average molecular weight is 385 g/mol. The first-order valence-electron chi connectivity index (χ1n) is 8.94. The van der Waals surface area contributed by atoms with E-state index >= 15 is 0 Å². The Bertz CT molecular complexity index is 818. The Kier molecular flexibility index (Phi) is 6.47. The largest absolute Gasteiger partial charge is 0.326 e. The molecule has 1 aliphatic heterocycles. The number of thioether (sulfide) groups is 1. The van der Waals surface area contributed by atoms with E-state index in [-0.39, 0.29) is 18.0 Å². The first kappa shape index (κ1) is 19.4. The molecule has 0 aliphatic carbocycles. The zero-order valence-electron chi connectivity index (χ0n) is 15.3. The van der Waals surface area contributed by atoms with Gasteiger partial charge in [-0.1, -0.05) is 24.3 Å². The molecule has 0 unspecified atom stereocenters. The van der Waals surface area contributed by atoms with Crippen LogP contribution in [0.1, 0.15) is 16.7 Å². The lowest BCUT2D eigenvalue weighted by Crippen LogP contribution is -2.31. The van der Waals surface area contributed by atoms with Crippen molar-refractivity contribution >= 4 is 29.0 Å². The van der Waals surface area contributed by atoms with Crippen LogP contribution in [0.4, 0.5) is 11.4 Å². The van der Waals surface area contributed by atoms with E-state index in [2.05, 4.69) is 22.3 Å². The number of hydrogen-bond donors (Lipinski definition) is 1. The van der Waals surface area contributed by atoms with Gasteiger partial charge in [0, 0.05) is 49.0 Å². The average Bonchev–Trinajstić information content (AvgIpc) is 2.65. The highest BCUT2D eigenvalue weighted by molar-refractivity contribution is 7.99. The van der Waals surface area contributed by atoms with Crippen LogP contribution < -0.4 is 5.32 Å². The second kappa shape index (κ2) is 9.01. The summed E-state index contributed by atoms with van der Waals surface area (Å²) in [5, 5.41) is 13.6. The summed E-state index contributed by atoms with van der Waals surface area (Å²) in [7, 11) is 0. The quantitative estimate of drug-likeness (QED) is 0.607. The van der Waals surface area contributed by atoms with E-state index in [1.807, 2.05) is 24.8 Å². The number of nitro benzene ring substituents is 1. The van der Waals surface area contributed by atoms with Crippen molar-refractivity contribution in [1.82, 2.24) is 4.90 Å². The van der Waals surface area contributed by atoms with Crippen LogP contribution in [0.15, 0.2) is 42.5 Å². The van der Waals surface area contributed by atoms with Gasteiger partial charge in [-0.3, -0.25) is 19.8 Å². The lowest BCUT2D eigenvalue weighted by Gasteiger charge is -2.26. The van der Waals surface area contributed by atoms with Crippen LogP contribution in [0.5, 0.6) is 0 Å². The maximum atomic E-state index is 12.3. The number of carbonyl (C=O) groups excluding carboxylic acids is 1. The number of non-ortho nitro benzene ring substituents is 1. The standard InChI is InChI=1S/C20H23N3O3S/c1-15-12-17(14-22-8-10-27-11-9-22)4-7-19(15)21-20(24)13-16-2-5-18(6-3-16)23(25)26/h2-7,12H,8-11,13-14H2,1H3,(H,21,24). The highest BCUT2D eigenvalue weighted by atomic mass is 32.2. The third-order valence-electron chi connectivity index (χ3n) is 4.59. The fraction of sp³-hybridized carbons (Fsp3) is 0.350. The molecule has 0 atom stereocenters. The monoisotopic (exact) mass is 385 g/mol. The molecule has 1 N–H and O–H groups in total. The van der Waals surface area contributed by atoms with Crippen LogP contribution in [-0.4, -0.2) is 40.3 Å². The number of amides is 1. The smallest absolute Gasteiger partial charge is 0.269 e. The highest BCUT2D eigenvalue weighted by Gasteiger charge is 2.12. The molecule has 2 aromatic carbocycles. The Morgan fingerprint density at radius 1 is 1.15 bits per heavy atom. The van der Waals surface area contributed by atoms with Gasteiger partial charge in [0.15, 0.2) is 0 Å². The van der Waals surface area contributed by atoms with Crippen molar-refractivity contribution in [1.29, 1.82) is 0 Å². The molecule has 0 saturated carbocycles. The molecular weight excluding hydrogens is 362 g/mol. The molecule has 142 valence electrons. The normalized spacial score (nSPS) is 14.7. The molecule has 0 bridgehead atoms. The minimum absolute atomic E-state index is 0.0258.